The molecule has 0 aliphatic rings. The monoisotopic (exact) mass is 261 g/mol. The Morgan fingerprint density at radius 3 is 3.06 bits per heavy atom. The number of nitrogens with zero attached hydrogens (tertiary/aromatic N) is 3. The lowest BCUT2D eigenvalue weighted by atomic mass is 10.3. The Hall–Kier alpha value is -1.95. The van der Waals surface area contributed by atoms with Crippen LogP contribution in [0.2, 0.25) is 0 Å². The molecule has 0 saturated heterocycles. The first kappa shape index (κ1) is 12.5. The minimum Gasteiger partial charge on any atom is -0.388 e. The van der Waals surface area contributed by atoms with Gasteiger partial charge in [-0.25, -0.2) is 9.97 Å². The van der Waals surface area contributed by atoms with Crippen LogP contribution < -0.4 is 11.1 Å². The number of pyridine rings is 1. The van der Waals surface area contributed by atoms with E-state index in [9.17, 15) is 0 Å². The Labute approximate surface area is 111 Å². The van der Waals surface area contributed by atoms with E-state index in [1.165, 1.54) is 0 Å². The number of hydrogen-bond donors (Lipinski definition) is 2. The van der Waals surface area contributed by atoms with Crippen molar-refractivity contribution >= 4 is 23.0 Å². The van der Waals surface area contributed by atoms with Crippen molar-refractivity contribution < 1.29 is 0 Å². The van der Waals surface area contributed by atoms with Gasteiger partial charge in [0.1, 0.15) is 10.8 Å². The molecule has 0 spiro atoms. The van der Waals surface area contributed by atoms with Gasteiger partial charge in [-0.05, 0) is 18.6 Å². The van der Waals surface area contributed by atoms with Crippen molar-refractivity contribution in [2.45, 2.75) is 13.0 Å². The summed E-state index contributed by atoms with van der Waals surface area (Å²) in [4.78, 5) is 8.62. The van der Waals surface area contributed by atoms with Crippen molar-refractivity contribution in [2.24, 2.45) is 5.73 Å². The first-order chi connectivity index (χ1) is 8.75. The largest absolute Gasteiger partial charge is 0.388 e. The lowest BCUT2D eigenvalue weighted by Gasteiger charge is -2.07. The number of rotatable bonds is 6. The highest BCUT2D eigenvalue weighted by molar-refractivity contribution is 7.80. The van der Waals surface area contributed by atoms with Crippen LogP contribution in [0.5, 0.6) is 0 Å². The summed E-state index contributed by atoms with van der Waals surface area (Å²) in [5, 5.41) is 3.24. The van der Waals surface area contributed by atoms with Gasteiger partial charge < -0.3 is 15.6 Å². The zero-order chi connectivity index (χ0) is 12.8. The van der Waals surface area contributed by atoms with Gasteiger partial charge in [0.2, 0.25) is 0 Å². The molecule has 0 unspecified atom stereocenters. The molecule has 5 nitrogen and oxygen atoms in total. The first-order valence-corrected chi connectivity index (χ1v) is 6.13. The first-order valence-electron chi connectivity index (χ1n) is 5.72. The fourth-order valence-corrected chi connectivity index (χ4v) is 1.68. The standard InChI is InChI=1S/C12H15N5S/c13-12(18)10-3-1-4-11(16-10)15-5-2-7-17-8-6-14-9-17/h1,3-4,6,8-9H,2,5,7H2,(H2,13,18)(H,15,16). The van der Waals surface area contributed by atoms with Crippen LogP contribution in [0.15, 0.2) is 36.9 Å². The number of hydrogen-bond acceptors (Lipinski definition) is 4. The summed E-state index contributed by atoms with van der Waals surface area (Å²) >= 11 is 4.89. The van der Waals surface area contributed by atoms with Gasteiger partial charge >= 0.3 is 0 Å². The molecule has 0 aliphatic carbocycles. The van der Waals surface area contributed by atoms with E-state index >= 15 is 0 Å². The fourth-order valence-electron chi connectivity index (χ4n) is 1.57. The quantitative estimate of drug-likeness (QED) is 0.608. The Balaban J connectivity index is 1.79. The molecule has 0 atom stereocenters. The molecule has 3 N–H and O–H groups in total. The van der Waals surface area contributed by atoms with Gasteiger partial charge in [-0.15, -0.1) is 0 Å². The van der Waals surface area contributed by atoms with Crippen LogP contribution in [0.4, 0.5) is 5.82 Å². The van der Waals surface area contributed by atoms with Crippen LogP contribution in [0.25, 0.3) is 0 Å². The van der Waals surface area contributed by atoms with E-state index in [-0.39, 0.29) is 0 Å². The van der Waals surface area contributed by atoms with E-state index in [0.29, 0.717) is 10.7 Å². The number of nitrogens with one attached hydrogen (secondary N) is 1. The van der Waals surface area contributed by atoms with Crippen LogP contribution >= 0.6 is 12.2 Å². The molecule has 0 amide bonds. The van der Waals surface area contributed by atoms with Gasteiger partial charge in [-0.3, -0.25) is 0 Å². The highest BCUT2D eigenvalue weighted by Crippen LogP contribution is 2.05. The van der Waals surface area contributed by atoms with Crippen LogP contribution in [-0.2, 0) is 6.54 Å². The Bertz CT molecular complexity index is 509. The molecule has 0 fully saturated rings. The smallest absolute Gasteiger partial charge is 0.126 e. The average molecular weight is 261 g/mol. The SMILES string of the molecule is NC(=S)c1cccc(NCCCn2ccnc2)n1. The lowest BCUT2D eigenvalue weighted by Crippen LogP contribution is -2.13. The van der Waals surface area contributed by atoms with E-state index in [0.717, 1.165) is 25.3 Å². The Morgan fingerprint density at radius 1 is 1.44 bits per heavy atom. The zero-order valence-electron chi connectivity index (χ0n) is 9.91. The summed E-state index contributed by atoms with van der Waals surface area (Å²) in [5.41, 5.74) is 6.18. The highest BCUT2D eigenvalue weighted by atomic mass is 32.1. The summed E-state index contributed by atoms with van der Waals surface area (Å²) < 4.78 is 2.04. The van der Waals surface area contributed by atoms with Crippen molar-refractivity contribution in [3.63, 3.8) is 0 Å². The van der Waals surface area contributed by atoms with Gasteiger partial charge in [0.05, 0.1) is 12.0 Å². The maximum atomic E-state index is 5.53. The maximum absolute atomic E-state index is 5.53. The molecule has 2 aromatic heterocycles. The second-order valence-electron chi connectivity index (χ2n) is 3.85. The van der Waals surface area contributed by atoms with Crippen molar-refractivity contribution in [3.05, 3.63) is 42.6 Å². The molecule has 0 saturated carbocycles. The van der Waals surface area contributed by atoms with Crippen LogP contribution in [0.3, 0.4) is 0 Å². The van der Waals surface area contributed by atoms with Gasteiger partial charge in [0.25, 0.3) is 0 Å². The molecule has 0 bridgehead atoms. The molecular weight excluding hydrogens is 246 g/mol. The van der Waals surface area contributed by atoms with Gasteiger partial charge in [-0.2, -0.15) is 0 Å². The topological polar surface area (TPSA) is 68.8 Å². The maximum Gasteiger partial charge on any atom is 0.126 e. The number of aryl methyl sites for hydroxylation is 1. The Kier molecular flexibility index (Phi) is 4.25. The third-order valence-corrected chi connectivity index (χ3v) is 2.67. The van der Waals surface area contributed by atoms with Gasteiger partial charge in [0.15, 0.2) is 0 Å². The average Bonchev–Trinajstić information content (AvgIpc) is 2.88. The molecule has 0 aromatic carbocycles. The number of thiocarbonyl (C=S) groups is 1. The van der Waals surface area contributed by atoms with E-state index in [4.69, 9.17) is 18.0 Å². The fraction of sp³-hybridized carbons (Fsp3) is 0.250. The predicted molar refractivity (Wildman–Crippen MR) is 75.5 cm³/mol. The molecule has 6 heteroatoms. The van der Waals surface area contributed by atoms with Crippen molar-refractivity contribution in [1.29, 1.82) is 0 Å². The minimum absolute atomic E-state index is 0.317. The van der Waals surface area contributed by atoms with Crippen molar-refractivity contribution in [2.75, 3.05) is 11.9 Å². The normalized spacial score (nSPS) is 10.2. The minimum atomic E-state index is 0.317. The summed E-state index contributed by atoms with van der Waals surface area (Å²) in [6.45, 7) is 1.77. The number of anilines is 1. The highest BCUT2D eigenvalue weighted by Gasteiger charge is 1.99. The molecule has 18 heavy (non-hydrogen) atoms. The van der Waals surface area contributed by atoms with Crippen molar-refractivity contribution in [1.82, 2.24) is 14.5 Å². The molecule has 2 heterocycles. The predicted octanol–water partition coefficient (Wildman–Crippen LogP) is 1.41. The molecule has 2 aromatic rings. The number of aromatic nitrogens is 3. The van der Waals surface area contributed by atoms with Crippen LogP contribution in [0.1, 0.15) is 12.1 Å². The second kappa shape index (κ2) is 6.11. The molecule has 2 rings (SSSR count). The number of imidazole rings is 1. The van der Waals surface area contributed by atoms with Gasteiger partial charge in [-0.1, -0.05) is 18.3 Å². The summed E-state index contributed by atoms with van der Waals surface area (Å²) in [5.74, 6) is 0.797. The lowest BCUT2D eigenvalue weighted by molar-refractivity contribution is 0.660. The number of nitrogens with two attached hydrogens (primary N) is 1. The van der Waals surface area contributed by atoms with Crippen LogP contribution in [-0.4, -0.2) is 26.1 Å². The van der Waals surface area contributed by atoms with E-state index in [1.54, 1.807) is 12.3 Å². The van der Waals surface area contributed by atoms with E-state index in [1.807, 2.05) is 29.2 Å². The molecular formula is C12H15N5S. The van der Waals surface area contributed by atoms with Crippen LogP contribution in [0, 0.1) is 0 Å². The molecule has 0 aliphatic heterocycles. The summed E-state index contributed by atoms with van der Waals surface area (Å²) in [6.07, 6.45) is 6.54. The third-order valence-electron chi connectivity index (χ3n) is 2.46. The molecule has 94 valence electrons. The zero-order valence-corrected chi connectivity index (χ0v) is 10.7. The second-order valence-corrected chi connectivity index (χ2v) is 4.29. The Morgan fingerprint density at radius 2 is 2.33 bits per heavy atom. The summed E-state index contributed by atoms with van der Waals surface area (Å²) in [7, 11) is 0. The third kappa shape index (κ3) is 3.53. The van der Waals surface area contributed by atoms with E-state index < -0.39 is 0 Å². The van der Waals surface area contributed by atoms with Gasteiger partial charge in [0, 0.05) is 25.5 Å². The van der Waals surface area contributed by atoms with E-state index in [2.05, 4.69) is 15.3 Å². The molecule has 0 radical (unpaired) electrons. The van der Waals surface area contributed by atoms with Crippen molar-refractivity contribution in [3.8, 4) is 0 Å². The summed E-state index contributed by atoms with van der Waals surface area (Å²) in [6, 6.07) is 5.59.